The average molecular weight is 111 g/mol. The highest BCUT2D eigenvalue weighted by Gasteiger charge is 2.06. The lowest BCUT2D eigenvalue weighted by Crippen LogP contribution is -2.26. The summed E-state index contributed by atoms with van der Waals surface area (Å²) >= 11 is 0. The summed E-state index contributed by atoms with van der Waals surface area (Å²) in [6.45, 7) is 7.88. The maximum atomic E-state index is 3.80. The van der Waals surface area contributed by atoms with Gasteiger partial charge in [0.05, 0.1) is 12.7 Å². The fourth-order valence-electron chi connectivity index (χ4n) is 0.687. The highest BCUT2D eigenvalue weighted by atomic mass is 15.1. The van der Waals surface area contributed by atoms with Crippen LogP contribution in [0.4, 0.5) is 0 Å². The first-order valence-corrected chi connectivity index (χ1v) is 2.79. The SMILES string of the molecule is C=[N+]1CCNC=C1C. The largest absolute Gasteiger partial charge is 0.380 e. The Morgan fingerprint density at radius 2 is 2.62 bits per heavy atom. The van der Waals surface area contributed by atoms with Crippen molar-refractivity contribution in [1.82, 2.24) is 5.32 Å². The number of hydrogen-bond donors (Lipinski definition) is 1. The molecular weight excluding hydrogens is 100 g/mol. The molecule has 0 aromatic rings. The van der Waals surface area contributed by atoms with E-state index in [2.05, 4.69) is 12.0 Å². The average Bonchev–Trinajstić information content (AvgIpc) is 1.77. The van der Waals surface area contributed by atoms with Crippen LogP contribution in [0.5, 0.6) is 0 Å². The molecule has 0 saturated heterocycles. The zero-order valence-electron chi connectivity index (χ0n) is 5.15. The first kappa shape index (κ1) is 5.35. The predicted octanol–water partition coefficient (Wildman–Crippen LogP) is 0.164. The normalized spacial score (nSPS) is 19.6. The summed E-state index contributed by atoms with van der Waals surface area (Å²) in [4.78, 5) is 0. The molecule has 1 aliphatic heterocycles. The van der Waals surface area contributed by atoms with Gasteiger partial charge in [0.2, 0.25) is 0 Å². The number of nitrogens with one attached hydrogen (secondary N) is 1. The molecule has 1 N–H and O–H groups in total. The molecule has 0 unspecified atom stereocenters. The van der Waals surface area contributed by atoms with Crippen molar-refractivity contribution in [2.75, 3.05) is 13.1 Å². The van der Waals surface area contributed by atoms with Crippen molar-refractivity contribution in [1.29, 1.82) is 0 Å². The Balaban J connectivity index is 2.67. The topological polar surface area (TPSA) is 15.0 Å². The van der Waals surface area contributed by atoms with Gasteiger partial charge in [0.15, 0.2) is 12.2 Å². The molecule has 0 aromatic carbocycles. The molecular formula is C6H11N2+. The van der Waals surface area contributed by atoms with E-state index in [0.717, 1.165) is 13.1 Å². The zero-order chi connectivity index (χ0) is 5.98. The molecule has 8 heavy (non-hydrogen) atoms. The lowest BCUT2D eigenvalue weighted by molar-refractivity contribution is -0.470. The minimum Gasteiger partial charge on any atom is -0.380 e. The molecule has 0 bridgehead atoms. The van der Waals surface area contributed by atoms with E-state index in [4.69, 9.17) is 0 Å². The van der Waals surface area contributed by atoms with Gasteiger partial charge in [-0.2, -0.15) is 0 Å². The quantitative estimate of drug-likeness (QED) is 0.440. The molecule has 0 fully saturated rings. The van der Waals surface area contributed by atoms with Crippen LogP contribution in [0.15, 0.2) is 11.9 Å². The molecule has 1 heterocycles. The fourth-order valence-corrected chi connectivity index (χ4v) is 0.687. The van der Waals surface area contributed by atoms with Gasteiger partial charge < -0.3 is 5.32 Å². The second kappa shape index (κ2) is 1.99. The Labute approximate surface area is 49.5 Å². The van der Waals surface area contributed by atoms with Gasteiger partial charge in [0.25, 0.3) is 0 Å². The Morgan fingerprint density at radius 1 is 1.88 bits per heavy atom. The number of nitrogens with zero attached hydrogens (tertiary/aromatic N) is 1. The molecule has 1 rings (SSSR count). The number of allylic oxidation sites excluding steroid dienone is 1. The maximum absolute atomic E-state index is 3.80. The monoisotopic (exact) mass is 111 g/mol. The summed E-state index contributed by atoms with van der Waals surface area (Å²) < 4.78 is 1.98. The summed E-state index contributed by atoms with van der Waals surface area (Å²) in [7, 11) is 0. The molecule has 0 radical (unpaired) electrons. The fraction of sp³-hybridized carbons (Fsp3) is 0.500. The molecule has 0 spiro atoms. The molecule has 44 valence electrons. The Bertz CT molecular complexity index is 135. The van der Waals surface area contributed by atoms with Gasteiger partial charge in [0, 0.05) is 6.92 Å². The third kappa shape index (κ3) is 0.886. The predicted molar refractivity (Wildman–Crippen MR) is 34.0 cm³/mol. The third-order valence-corrected chi connectivity index (χ3v) is 1.34. The summed E-state index contributed by atoms with van der Waals surface area (Å²) in [5, 5.41) is 3.12. The van der Waals surface area contributed by atoms with Gasteiger partial charge in [-0.3, -0.25) is 0 Å². The van der Waals surface area contributed by atoms with E-state index in [1.807, 2.05) is 17.7 Å². The van der Waals surface area contributed by atoms with Crippen molar-refractivity contribution >= 4 is 6.72 Å². The second-order valence-corrected chi connectivity index (χ2v) is 2.00. The van der Waals surface area contributed by atoms with E-state index < -0.39 is 0 Å². The van der Waals surface area contributed by atoms with Crippen molar-refractivity contribution in [3.05, 3.63) is 11.9 Å². The van der Waals surface area contributed by atoms with Crippen molar-refractivity contribution < 1.29 is 4.58 Å². The van der Waals surface area contributed by atoms with Crippen molar-refractivity contribution in [3.63, 3.8) is 0 Å². The second-order valence-electron chi connectivity index (χ2n) is 2.00. The van der Waals surface area contributed by atoms with E-state index in [-0.39, 0.29) is 0 Å². The van der Waals surface area contributed by atoms with Crippen molar-refractivity contribution in [2.45, 2.75) is 6.92 Å². The molecule has 1 aliphatic rings. The lowest BCUT2D eigenvalue weighted by Gasteiger charge is -2.06. The van der Waals surface area contributed by atoms with Crippen LogP contribution in [-0.2, 0) is 0 Å². The molecule has 2 heteroatoms. The summed E-state index contributed by atoms with van der Waals surface area (Å²) in [5.74, 6) is 0. The van der Waals surface area contributed by atoms with Crippen LogP contribution in [0.25, 0.3) is 0 Å². The van der Waals surface area contributed by atoms with E-state index in [9.17, 15) is 0 Å². The summed E-state index contributed by atoms with van der Waals surface area (Å²) in [6.07, 6.45) is 1.98. The molecule has 0 aromatic heterocycles. The number of hydrogen-bond acceptors (Lipinski definition) is 1. The molecule has 2 nitrogen and oxygen atoms in total. The van der Waals surface area contributed by atoms with E-state index in [1.165, 1.54) is 5.70 Å². The third-order valence-electron chi connectivity index (χ3n) is 1.34. The maximum Gasteiger partial charge on any atom is 0.193 e. The van der Waals surface area contributed by atoms with Crippen LogP contribution in [0.3, 0.4) is 0 Å². The summed E-state index contributed by atoms with van der Waals surface area (Å²) in [6, 6.07) is 0. The molecule has 0 saturated carbocycles. The standard InChI is InChI=1S/C6H11N2/c1-6-5-7-3-4-8(6)2/h5,7H,2-4H2,1H3/q+1. The van der Waals surface area contributed by atoms with Gasteiger partial charge in [-0.1, -0.05) is 0 Å². The first-order chi connectivity index (χ1) is 3.80. The highest BCUT2D eigenvalue weighted by Crippen LogP contribution is 1.94. The van der Waals surface area contributed by atoms with E-state index in [1.54, 1.807) is 0 Å². The van der Waals surface area contributed by atoms with Gasteiger partial charge in [-0.05, 0) is 0 Å². The van der Waals surface area contributed by atoms with Gasteiger partial charge >= 0.3 is 0 Å². The minimum absolute atomic E-state index is 1.01. The smallest absolute Gasteiger partial charge is 0.193 e. The Hall–Kier alpha value is -0.790. The van der Waals surface area contributed by atoms with Crippen LogP contribution < -0.4 is 5.32 Å². The van der Waals surface area contributed by atoms with E-state index >= 15 is 0 Å². The molecule has 0 amide bonds. The van der Waals surface area contributed by atoms with E-state index in [0.29, 0.717) is 0 Å². The molecule has 0 atom stereocenters. The highest BCUT2D eigenvalue weighted by molar-refractivity contribution is 5.17. The van der Waals surface area contributed by atoms with Crippen molar-refractivity contribution in [2.24, 2.45) is 0 Å². The Kier molecular flexibility index (Phi) is 1.33. The molecule has 0 aliphatic carbocycles. The van der Waals surface area contributed by atoms with Crippen LogP contribution in [0.2, 0.25) is 0 Å². The van der Waals surface area contributed by atoms with Crippen LogP contribution >= 0.6 is 0 Å². The van der Waals surface area contributed by atoms with Gasteiger partial charge in [-0.25, -0.2) is 4.58 Å². The van der Waals surface area contributed by atoms with Crippen LogP contribution in [0.1, 0.15) is 6.92 Å². The van der Waals surface area contributed by atoms with Crippen LogP contribution in [-0.4, -0.2) is 24.4 Å². The number of rotatable bonds is 0. The first-order valence-electron chi connectivity index (χ1n) is 2.79. The van der Waals surface area contributed by atoms with Gasteiger partial charge in [-0.15, -0.1) is 0 Å². The summed E-state index contributed by atoms with van der Waals surface area (Å²) in [5.41, 5.74) is 1.20. The van der Waals surface area contributed by atoms with Crippen LogP contribution in [0, 0.1) is 0 Å². The minimum atomic E-state index is 1.01. The van der Waals surface area contributed by atoms with Crippen molar-refractivity contribution in [3.8, 4) is 0 Å². The zero-order valence-corrected chi connectivity index (χ0v) is 5.15. The lowest BCUT2D eigenvalue weighted by atomic mass is 10.4. The Morgan fingerprint density at radius 3 is 3.00 bits per heavy atom. The van der Waals surface area contributed by atoms with Gasteiger partial charge in [0.1, 0.15) is 6.72 Å².